The Balaban J connectivity index is 1.60. The van der Waals surface area contributed by atoms with E-state index in [0.717, 1.165) is 22.2 Å². The van der Waals surface area contributed by atoms with Crippen molar-refractivity contribution >= 4 is 51.2 Å². The Kier molecular flexibility index (Phi) is 7.08. The van der Waals surface area contributed by atoms with Crippen LogP contribution in [0.25, 0.3) is 11.0 Å². The van der Waals surface area contributed by atoms with Gasteiger partial charge >= 0.3 is 7.05 Å². The Morgan fingerprint density at radius 3 is 2.44 bits per heavy atom. The molecule has 0 spiro atoms. The molecule has 0 saturated carbocycles. The number of halogens is 2. The second-order valence-corrected chi connectivity index (χ2v) is 10.8. The summed E-state index contributed by atoms with van der Waals surface area (Å²) < 4.78 is 43.1. The summed E-state index contributed by atoms with van der Waals surface area (Å²) in [4.78, 5) is 17.5. The van der Waals surface area contributed by atoms with E-state index in [-0.39, 0.29) is 38.0 Å². The lowest BCUT2D eigenvalue weighted by Crippen LogP contribution is -2.33. The zero-order valence-electron chi connectivity index (χ0n) is 20.6. The molecule has 4 heterocycles. The summed E-state index contributed by atoms with van der Waals surface area (Å²) in [6.45, 7) is 3.30. The van der Waals surface area contributed by atoms with Gasteiger partial charge < -0.3 is 14.9 Å². The number of pyridine rings is 2. The average molecular weight is 567 g/mol. The lowest BCUT2D eigenvalue weighted by atomic mass is 9.84. The lowest BCUT2D eigenvalue weighted by Gasteiger charge is -2.25. The van der Waals surface area contributed by atoms with E-state index in [9.17, 15) is 18.5 Å². The highest BCUT2D eigenvalue weighted by molar-refractivity contribution is 7.90. The molecule has 10 nitrogen and oxygen atoms in total. The van der Waals surface area contributed by atoms with Crippen molar-refractivity contribution in [2.24, 2.45) is 0 Å². The molecular weight excluding hydrogens is 546 g/mol. The van der Waals surface area contributed by atoms with Gasteiger partial charge in [-0.1, -0.05) is 29.8 Å². The summed E-state index contributed by atoms with van der Waals surface area (Å²) in [5.74, 6) is -0.968. The van der Waals surface area contributed by atoms with Crippen molar-refractivity contribution in [1.82, 2.24) is 23.9 Å². The minimum atomic E-state index is -4.14. The van der Waals surface area contributed by atoms with Gasteiger partial charge in [-0.3, -0.25) is 4.98 Å². The number of aliphatic hydroxyl groups excluding tert-OH is 1. The normalized spacial score (nSPS) is 12.5. The van der Waals surface area contributed by atoms with Crippen LogP contribution in [0, 0.1) is 12.9 Å². The summed E-state index contributed by atoms with van der Waals surface area (Å²) in [5.41, 5.74) is 0.887. The van der Waals surface area contributed by atoms with Crippen LogP contribution in [0.1, 0.15) is 22.9 Å². The maximum Gasteiger partial charge on any atom is 0.415 e. The molecule has 14 heteroatoms. The summed E-state index contributed by atoms with van der Waals surface area (Å²) in [6, 6.07) is 13.8. The molecule has 39 heavy (non-hydrogen) atoms. The smallest absolute Gasteiger partial charge is 0.415 e. The lowest BCUT2D eigenvalue weighted by molar-refractivity contribution is 0.215. The van der Waals surface area contributed by atoms with Crippen molar-refractivity contribution in [2.75, 3.05) is 4.81 Å². The molecule has 0 radical (unpaired) electrons. The van der Waals surface area contributed by atoms with Gasteiger partial charge in [-0.2, -0.15) is 4.39 Å². The van der Waals surface area contributed by atoms with Crippen molar-refractivity contribution in [2.45, 2.75) is 24.7 Å². The fourth-order valence-corrected chi connectivity index (χ4v) is 5.79. The number of benzene rings is 1. The zero-order valence-corrected chi connectivity index (χ0v) is 22.2. The summed E-state index contributed by atoms with van der Waals surface area (Å²) in [5, 5.41) is 21.5. The maximum atomic E-state index is 15.4. The zero-order chi connectivity index (χ0) is 27.9. The van der Waals surface area contributed by atoms with E-state index in [1.807, 2.05) is 6.92 Å². The second kappa shape index (κ2) is 10.3. The van der Waals surface area contributed by atoms with Gasteiger partial charge in [0.1, 0.15) is 23.4 Å². The number of hydrogen-bond acceptors (Lipinski definition) is 9. The number of anilines is 2. The van der Waals surface area contributed by atoms with Gasteiger partial charge in [0.25, 0.3) is 10.0 Å². The van der Waals surface area contributed by atoms with Crippen molar-refractivity contribution in [3.05, 3.63) is 101 Å². The molecular formula is C25H21BClFN6O4S. The molecule has 0 aliphatic heterocycles. The van der Waals surface area contributed by atoms with Crippen LogP contribution in [0.2, 0.25) is 12.0 Å². The van der Waals surface area contributed by atoms with Crippen LogP contribution >= 0.6 is 11.6 Å². The molecule has 0 bridgehead atoms. The molecule has 0 fully saturated rings. The highest BCUT2D eigenvalue weighted by Crippen LogP contribution is 2.36. The van der Waals surface area contributed by atoms with Crippen molar-refractivity contribution in [1.29, 1.82) is 0 Å². The quantitative estimate of drug-likeness (QED) is 0.171. The molecule has 2 N–H and O–H groups in total. The highest BCUT2D eigenvalue weighted by atomic mass is 35.5. The number of hydrogen-bond donors (Lipinski definition) is 2. The van der Waals surface area contributed by atoms with Crippen LogP contribution in [0.15, 0.2) is 78.2 Å². The van der Waals surface area contributed by atoms with Gasteiger partial charge in [-0.25, -0.2) is 27.3 Å². The first-order chi connectivity index (χ1) is 18.6. The SMILES string of the molecule is CB(O)N(c1ccc(C)nc1)c1ccc(C(O)c2cn(S(=O)(=O)c3ccccc3)c3ncnc(Cl)c23)c(F)n1. The topological polar surface area (TPSA) is 134 Å². The standard InChI is InChI=1S/C25H21BClFN6O4S/c1-15-8-9-16(12-29-15)34(26(2)36)20-11-10-18(24(28)32-20)22(35)19-13-33(25-21(19)23(27)30-14-31-25)39(37,38)17-6-4-3-5-7-17/h3-14,22,35-36H,1-2H3. The van der Waals surface area contributed by atoms with Gasteiger partial charge in [0.2, 0.25) is 5.95 Å². The van der Waals surface area contributed by atoms with Gasteiger partial charge in [0.15, 0.2) is 5.65 Å². The fraction of sp³-hybridized carbons (Fsp3) is 0.120. The van der Waals surface area contributed by atoms with Crippen molar-refractivity contribution < 1.29 is 22.9 Å². The number of fused-ring (bicyclic) bond motifs is 1. The average Bonchev–Trinajstić information content (AvgIpc) is 3.32. The third kappa shape index (κ3) is 4.85. The summed E-state index contributed by atoms with van der Waals surface area (Å²) in [6.07, 6.45) is 2.09. The molecule has 1 unspecified atom stereocenters. The number of rotatable bonds is 7. The predicted molar refractivity (Wildman–Crippen MR) is 145 cm³/mol. The molecule has 1 aromatic carbocycles. The van der Waals surface area contributed by atoms with E-state index in [1.54, 1.807) is 30.3 Å². The number of aromatic nitrogens is 5. The van der Waals surface area contributed by atoms with Crippen molar-refractivity contribution in [3.8, 4) is 0 Å². The third-order valence-electron chi connectivity index (χ3n) is 6.08. The molecule has 0 amide bonds. The molecule has 4 aromatic heterocycles. The predicted octanol–water partition coefficient (Wildman–Crippen LogP) is 3.89. The fourth-order valence-electron chi connectivity index (χ4n) is 4.20. The number of aliphatic hydroxyl groups is 1. The van der Waals surface area contributed by atoms with Crippen LogP contribution in [0.3, 0.4) is 0 Å². The minimum Gasteiger partial charge on any atom is -0.432 e. The third-order valence-corrected chi connectivity index (χ3v) is 8.03. The Hall–Kier alpha value is -3.91. The van der Waals surface area contributed by atoms with Crippen LogP contribution < -0.4 is 4.81 Å². The van der Waals surface area contributed by atoms with E-state index in [1.165, 1.54) is 42.1 Å². The summed E-state index contributed by atoms with van der Waals surface area (Å²) >= 11 is 6.30. The monoisotopic (exact) mass is 566 g/mol. The highest BCUT2D eigenvalue weighted by Gasteiger charge is 2.29. The molecule has 1 atom stereocenters. The van der Waals surface area contributed by atoms with Gasteiger partial charge in [-0.05, 0) is 50.1 Å². The number of nitrogens with zero attached hydrogens (tertiary/aromatic N) is 6. The van der Waals surface area contributed by atoms with Gasteiger partial charge in [0, 0.05) is 29.2 Å². The molecule has 198 valence electrons. The first kappa shape index (κ1) is 26.7. The second-order valence-electron chi connectivity index (χ2n) is 8.67. The van der Waals surface area contributed by atoms with Crippen LogP contribution in [0.5, 0.6) is 0 Å². The van der Waals surface area contributed by atoms with Gasteiger partial charge in [-0.15, -0.1) is 0 Å². The van der Waals surface area contributed by atoms with Gasteiger partial charge in [0.05, 0.1) is 16.0 Å². The van der Waals surface area contributed by atoms with Crippen molar-refractivity contribution in [3.63, 3.8) is 0 Å². The molecule has 0 aliphatic carbocycles. The Labute approximate surface area is 228 Å². The minimum absolute atomic E-state index is 0.0151. The Morgan fingerprint density at radius 2 is 1.79 bits per heavy atom. The van der Waals surface area contributed by atoms with E-state index < -0.39 is 29.1 Å². The largest absolute Gasteiger partial charge is 0.432 e. The molecule has 0 aliphatic rings. The molecule has 5 rings (SSSR count). The first-order valence-corrected chi connectivity index (χ1v) is 13.5. The maximum absolute atomic E-state index is 15.4. The van der Waals surface area contributed by atoms with E-state index in [2.05, 4.69) is 19.9 Å². The van der Waals surface area contributed by atoms with E-state index in [0.29, 0.717) is 5.69 Å². The number of aryl methyl sites for hydroxylation is 1. The molecule has 0 saturated heterocycles. The summed E-state index contributed by atoms with van der Waals surface area (Å²) in [7, 11) is -5.22. The molecule has 5 aromatic rings. The van der Waals surface area contributed by atoms with Crippen LogP contribution in [-0.4, -0.2) is 49.5 Å². The Bertz CT molecular complexity index is 1770. The van der Waals surface area contributed by atoms with Crippen LogP contribution in [-0.2, 0) is 10.0 Å². The van der Waals surface area contributed by atoms with Crippen LogP contribution in [0.4, 0.5) is 15.9 Å². The Morgan fingerprint density at radius 1 is 1.05 bits per heavy atom. The first-order valence-electron chi connectivity index (χ1n) is 11.7. The van der Waals surface area contributed by atoms with E-state index in [4.69, 9.17) is 11.6 Å². The van der Waals surface area contributed by atoms with E-state index >= 15 is 4.39 Å².